The summed E-state index contributed by atoms with van der Waals surface area (Å²) in [4.78, 5) is 36.6. The Morgan fingerprint density at radius 3 is 2.83 bits per heavy atom. The van der Waals surface area contributed by atoms with Gasteiger partial charge in [0.2, 0.25) is 0 Å². The lowest BCUT2D eigenvalue weighted by Crippen LogP contribution is -2.24. The molecule has 150 valence electrons. The van der Waals surface area contributed by atoms with E-state index in [1.165, 1.54) is 13.3 Å². The van der Waals surface area contributed by atoms with E-state index in [1.54, 1.807) is 37.6 Å². The number of hydrogen-bond donors (Lipinski definition) is 0. The summed E-state index contributed by atoms with van der Waals surface area (Å²) in [6, 6.07) is 6.25. The Kier molecular flexibility index (Phi) is 4.64. The fourth-order valence-electron chi connectivity index (χ4n) is 3.46. The molecule has 0 unspecified atom stereocenters. The van der Waals surface area contributed by atoms with E-state index in [0.29, 0.717) is 30.1 Å². The third kappa shape index (κ3) is 3.10. The van der Waals surface area contributed by atoms with Crippen LogP contribution in [0.25, 0.3) is 11.2 Å². The maximum atomic E-state index is 11.8. The number of benzene rings is 1. The summed E-state index contributed by atoms with van der Waals surface area (Å²) < 4.78 is 7.33. The van der Waals surface area contributed by atoms with Crippen LogP contribution in [0, 0.1) is 0 Å². The van der Waals surface area contributed by atoms with Crippen LogP contribution in [0.5, 0.6) is 0 Å². The van der Waals surface area contributed by atoms with Gasteiger partial charge in [-0.1, -0.05) is 17.8 Å². The van der Waals surface area contributed by atoms with Crippen molar-refractivity contribution in [2.45, 2.75) is 23.4 Å². The van der Waals surface area contributed by atoms with Gasteiger partial charge in [-0.3, -0.25) is 9.69 Å². The lowest BCUT2D eigenvalue weighted by Gasteiger charge is -2.30. The Balaban J connectivity index is 1.53. The molecular weight excluding hydrogens is 402 g/mol. The Morgan fingerprint density at radius 1 is 1.13 bits per heavy atom. The number of ether oxygens (including phenoxy) is 1. The van der Waals surface area contributed by atoms with Crippen LogP contribution in [0.2, 0.25) is 0 Å². The van der Waals surface area contributed by atoms with E-state index in [-0.39, 0.29) is 5.78 Å². The molecule has 9 nitrogen and oxygen atoms in total. The number of imidazole rings is 1. The molecule has 30 heavy (non-hydrogen) atoms. The molecule has 0 N–H and O–H groups in total. The van der Waals surface area contributed by atoms with Crippen molar-refractivity contribution in [1.29, 1.82) is 0 Å². The number of carbonyl (C=O) groups is 1. The van der Waals surface area contributed by atoms with Crippen LogP contribution < -0.4 is 4.90 Å². The van der Waals surface area contributed by atoms with Crippen LogP contribution in [0.15, 0.2) is 53.2 Å². The second kappa shape index (κ2) is 7.47. The zero-order chi connectivity index (χ0) is 20.7. The molecule has 0 spiro atoms. The summed E-state index contributed by atoms with van der Waals surface area (Å²) in [5, 5.41) is 0.851. The number of rotatable bonds is 5. The lowest BCUT2D eigenvalue weighted by atomic mass is 10.1. The molecule has 3 aromatic heterocycles. The van der Waals surface area contributed by atoms with Crippen molar-refractivity contribution in [1.82, 2.24) is 29.5 Å². The predicted molar refractivity (Wildman–Crippen MR) is 111 cm³/mol. The largest absolute Gasteiger partial charge is 0.364 e. The molecule has 0 saturated heterocycles. The highest BCUT2D eigenvalue weighted by molar-refractivity contribution is 7.99. The number of Topliss-reactive ketones (excluding diaryl/α,β-unsaturated/α-hetero) is 1. The molecular formula is C20H17N7O2S. The number of fused-ring (bicyclic) bond motifs is 3. The van der Waals surface area contributed by atoms with Gasteiger partial charge < -0.3 is 9.30 Å². The van der Waals surface area contributed by atoms with Gasteiger partial charge in [0.05, 0.1) is 18.6 Å². The zero-order valence-corrected chi connectivity index (χ0v) is 17.1. The highest BCUT2D eigenvalue weighted by Gasteiger charge is 2.26. The number of aromatic nitrogens is 6. The molecule has 0 radical (unpaired) electrons. The van der Waals surface area contributed by atoms with E-state index in [4.69, 9.17) is 4.74 Å². The van der Waals surface area contributed by atoms with Crippen molar-refractivity contribution in [3.63, 3.8) is 0 Å². The topological polar surface area (TPSA) is 98.9 Å². The van der Waals surface area contributed by atoms with E-state index < -0.39 is 0 Å². The number of nitrogens with zero attached hydrogens (tertiary/aromatic N) is 7. The summed E-state index contributed by atoms with van der Waals surface area (Å²) in [6.45, 7) is 2.40. The Hall–Kier alpha value is -3.37. The maximum Gasteiger partial charge on any atom is 0.180 e. The van der Waals surface area contributed by atoms with E-state index in [2.05, 4.69) is 43.1 Å². The van der Waals surface area contributed by atoms with Crippen molar-refractivity contribution >= 4 is 40.2 Å². The van der Waals surface area contributed by atoms with Crippen LogP contribution in [0.4, 0.5) is 11.5 Å². The average molecular weight is 419 g/mol. The number of hydrogen-bond acceptors (Lipinski definition) is 9. The summed E-state index contributed by atoms with van der Waals surface area (Å²) in [7, 11) is 1.66. The number of anilines is 2. The van der Waals surface area contributed by atoms with Gasteiger partial charge in [-0.15, -0.1) is 0 Å². The molecule has 0 atom stereocenters. The third-order valence-corrected chi connectivity index (χ3v) is 5.82. The zero-order valence-electron chi connectivity index (χ0n) is 16.3. The van der Waals surface area contributed by atoms with Crippen molar-refractivity contribution in [2.24, 2.45) is 0 Å². The lowest BCUT2D eigenvalue weighted by molar-refractivity contribution is 0.101. The Bertz CT molecular complexity index is 1270. The van der Waals surface area contributed by atoms with Gasteiger partial charge in [0.25, 0.3) is 0 Å². The quantitative estimate of drug-likeness (QED) is 0.452. The van der Waals surface area contributed by atoms with Crippen LogP contribution >= 0.6 is 11.8 Å². The molecule has 0 aliphatic carbocycles. The molecule has 0 bridgehead atoms. The minimum atomic E-state index is -0.131. The number of ketones is 1. The molecule has 1 aliphatic rings. The summed E-state index contributed by atoms with van der Waals surface area (Å²) in [6.07, 6.45) is 6.46. The number of carbonyl (C=O) groups excluding carboxylic acids is 1. The summed E-state index contributed by atoms with van der Waals surface area (Å²) in [5.41, 5.74) is 3.55. The number of methoxy groups -OCH3 is 1. The van der Waals surface area contributed by atoms with Crippen molar-refractivity contribution in [3.8, 4) is 0 Å². The van der Waals surface area contributed by atoms with Crippen LogP contribution in [-0.4, -0.2) is 49.1 Å². The second-order valence-corrected chi connectivity index (χ2v) is 7.79. The van der Waals surface area contributed by atoms with Crippen LogP contribution in [-0.2, 0) is 11.3 Å². The highest BCUT2D eigenvalue weighted by Crippen LogP contribution is 2.46. The van der Waals surface area contributed by atoms with Crippen LogP contribution in [0.1, 0.15) is 23.0 Å². The average Bonchev–Trinajstić information content (AvgIpc) is 3.16. The van der Waals surface area contributed by atoms with Gasteiger partial charge in [0, 0.05) is 31.3 Å². The molecule has 5 rings (SSSR count). The van der Waals surface area contributed by atoms with Crippen LogP contribution in [0.3, 0.4) is 0 Å². The smallest absolute Gasteiger partial charge is 0.180 e. The van der Waals surface area contributed by atoms with Crippen molar-refractivity contribution < 1.29 is 9.53 Å². The molecule has 4 heterocycles. The van der Waals surface area contributed by atoms with E-state index in [9.17, 15) is 4.79 Å². The van der Waals surface area contributed by atoms with Gasteiger partial charge in [-0.2, -0.15) is 0 Å². The Morgan fingerprint density at radius 2 is 2.00 bits per heavy atom. The normalized spacial score (nSPS) is 12.7. The summed E-state index contributed by atoms with van der Waals surface area (Å²) >= 11 is 1.59. The molecule has 0 saturated carbocycles. The first-order chi connectivity index (χ1) is 14.7. The molecule has 10 heteroatoms. The minimum Gasteiger partial charge on any atom is -0.364 e. The van der Waals surface area contributed by atoms with Gasteiger partial charge >= 0.3 is 0 Å². The molecule has 0 amide bonds. The van der Waals surface area contributed by atoms with Crippen molar-refractivity contribution in [3.05, 3.63) is 54.5 Å². The fourth-order valence-corrected chi connectivity index (χ4v) is 4.45. The van der Waals surface area contributed by atoms with Crippen molar-refractivity contribution in [2.75, 3.05) is 18.7 Å². The third-order valence-electron chi connectivity index (χ3n) is 4.77. The first kappa shape index (κ1) is 18.6. The van der Waals surface area contributed by atoms with Gasteiger partial charge in [-0.05, 0) is 17.7 Å². The first-order valence-electron chi connectivity index (χ1n) is 9.20. The molecule has 1 aromatic carbocycles. The second-order valence-electron chi connectivity index (χ2n) is 6.76. The first-order valence-corrected chi connectivity index (χ1v) is 10.0. The monoisotopic (exact) mass is 419 g/mol. The molecule has 1 aliphatic heterocycles. The van der Waals surface area contributed by atoms with E-state index >= 15 is 0 Å². The van der Waals surface area contributed by atoms with Gasteiger partial charge in [0.1, 0.15) is 29.3 Å². The fraction of sp³-hybridized carbons (Fsp3) is 0.200. The summed E-state index contributed by atoms with van der Waals surface area (Å²) in [5.74, 6) is 0.648. The van der Waals surface area contributed by atoms with Gasteiger partial charge in [-0.25, -0.2) is 24.9 Å². The highest BCUT2D eigenvalue weighted by atomic mass is 32.2. The SMILES string of the molecule is COCN1c2cc(Cn3cnc4c(C(C)=O)ncnc43)ccc2Sc2nccnc21. The predicted octanol–water partition coefficient (Wildman–Crippen LogP) is 3.07. The standard InChI is InChI=1S/C20H17N7O2S/c1-12(28)16-17-18(24-9-23-16)26(10-25-17)8-13-3-4-15-14(7-13)27(11-29-2)19-20(30-15)22-6-5-21-19/h3-7,9-10H,8,11H2,1-2H3. The minimum absolute atomic E-state index is 0.131. The molecule has 0 fully saturated rings. The van der Waals surface area contributed by atoms with Gasteiger partial charge in [0.15, 0.2) is 17.2 Å². The van der Waals surface area contributed by atoms with E-state index in [1.807, 2.05) is 9.47 Å². The van der Waals surface area contributed by atoms with E-state index in [0.717, 1.165) is 27.0 Å². The maximum absolute atomic E-state index is 11.8. The Labute approximate surface area is 176 Å². The molecule has 4 aromatic rings.